The Labute approximate surface area is 86.2 Å². The van der Waals surface area contributed by atoms with Gasteiger partial charge in [-0.2, -0.15) is 0 Å². The largest absolute Gasteiger partial charge is 0.341 e. The van der Waals surface area contributed by atoms with E-state index in [0.717, 1.165) is 39.1 Å². The van der Waals surface area contributed by atoms with E-state index < -0.39 is 0 Å². The molecular formula is C10H21N3O. The van der Waals surface area contributed by atoms with E-state index in [9.17, 15) is 4.79 Å². The fraction of sp³-hybridized carbons (Fsp3) is 0.900. The van der Waals surface area contributed by atoms with Gasteiger partial charge in [-0.3, -0.25) is 9.69 Å². The van der Waals surface area contributed by atoms with E-state index in [1.54, 1.807) is 0 Å². The molecule has 0 bridgehead atoms. The number of hydrogen-bond acceptors (Lipinski definition) is 3. The lowest BCUT2D eigenvalue weighted by Gasteiger charge is -2.33. The summed E-state index contributed by atoms with van der Waals surface area (Å²) in [5.41, 5.74) is 0. The Morgan fingerprint density at radius 2 is 2.21 bits per heavy atom. The lowest BCUT2D eigenvalue weighted by Crippen LogP contribution is -2.50. The number of piperazine rings is 1. The van der Waals surface area contributed by atoms with Crippen LogP contribution in [0.25, 0.3) is 0 Å². The summed E-state index contributed by atoms with van der Waals surface area (Å²) in [6, 6.07) is 0. The monoisotopic (exact) mass is 199 g/mol. The molecule has 0 atom stereocenters. The standard InChI is InChI=1S/C10H21N3O/c1-3-13-8-7-12(9-10(13)14)6-4-5-11-2/h11H,3-9H2,1-2H3. The van der Waals surface area contributed by atoms with Crippen molar-refractivity contribution in [3.63, 3.8) is 0 Å². The van der Waals surface area contributed by atoms with Gasteiger partial charge in [0.1, 0.15) is 0 Å². The molecule has 0 aromatic heterocycles. The molecule has 1 amide bonds. The van der Waals surface area contributed by atoms with E-state index in [4.69, 9.17) is 0 Å². The molecule has 0 aromatic carbocycles. The Kier molecular flexibility index (Phi) is 4.90. The van der Waals surface area contributed by atoms with Crippen molar-refractivity contribution >= 4 is 5.91 Å². The summed E-state index contributed by atoms with van der Waals surface area (Å²) in [5, 5.41) is 3.12. The van der Waals surface area contributed by atoms with E-state index in [1.807, 2.05) is 18.9 Å². The lowest BCUT2D eigenvalue weighted by molar-refractivity contribution is -0.135. The van der Waals surface area contributed by atoms with Crippen LogP contribution in [0.4, 0.5) is 0 Å². The van der Waals surface area contributed by atoms with Gasteiger partial charge in [-0.1, -0.05) is 0 Å². The molecule has 1 aliphatic heterocycles. The van der Waals surface area contributed by atoms with E-state index in [1.165, 1.54) is 0 Å². The van der Waals surface area contributed by atoms with Gasteiger partial charge in [-0.25, -0.2) is 0 Å². The molecule has 0 aromatic rings. The number of nitrogens with one attached hydrogen (secondary N) is 1. The molecular weight excluding hydrogens is 178 g/mol. The summed E-state index contributed by atoms with van der Waals surface area (Å²) in [6.45, 7) is 7.49. The van der Waals surface area contributed by atoms with E-state index in [0.29, 0.717) is 6.54 Å². The summed E-state index contributed by atoms with van der Waals surface area (Å²) >= 11 is 0. The zero-order chi connectivity index (χ0) is 10.4. The van der Waals surface area contributed by atoms with Crippen LogP contribution in [-0.4, -0.2) is 62.0 Å². The molecule has 0 spiro atoms. The summed E-state index contributed by atoms with van der Waals surface area (Å²) < 4.78 is 0. The van der Waals surface area contributed by atoms with Gasteiger partial charge in [0.15, 0.2) is 0 Å². The Morgan fingerprint density at radius 1 is 1.43 bits per heavy atom. The van der Waals surface area contributed by atoms with Crippen LogP contribution in [0, 0.1) is 0 Å². The van der Waals surface area contributed by atoms with Crippen molar-refractivity contribution in [1.29, 1.82) is 0 Å². The fourth-order valence-corrected chi connectivity index (χ4v) is 1.76. The van der Waals surface area contributed by atoms with Crippen molar-refractivity contribution in [3.05, 3.63) is 0 Å². The molecule has 0 saturated carbocycles. The Hall–Kier alpha value is -0.610. The van der Waals surface area contributed by atoms with Gasteiger partial charge in [0, 0.05) is 19.6 Å². The number of carbonyl (C=O) groups excluding carboxylic acids is 1. The van der Waals surface area contributed by atoms with Crippen LogP contribution < -0.4 is 5.32 Å². The zero-order valence-corrected chi connectivity index (χ0v) is 9.25. The van der Waals surface area contributed by atoms with Gasteiger partial charge in [-0.05, 0) is 33.5 Å². The van der Waals surface area contributed by atoms with Crippen molar-refractivity contribution in [3.8, 4) is 0 Å². The number of hydrogen-bond donors (Lipinski definition) is 1. The second-order valence-corrected chi connectivity index (χ2v) is 3.71. The average molecular weight is 199 g/mol. The first kappa shape index (κ1) is 11.5. The summed E-state index contributed by atoms with van der Waals surface area (Å²) in [6.07, 6.45) is 1.12. The zero-order valence-electron chi connectivity index (χ0n) is 9.25. The van der Waals surface area contributed by atoms with Crippen molar-refractivity contribution < 1.29 is 4.79 Å². The molecule has 1 aliphatic rings. The van der Waals surface area contributed by atoms with Crippen LogP contribution in [0.5, 0.6) is 0 Å². The maximum atomic E-state index is 11.5. The van der Waals surface area contributed by atoms with Gasteiger partial charge in [-0.15, -0.1) is 0 Å². The van der Waals surface area contributed by atoms with Gasteiger partial charge in [0.05, 0.1) is 6.54 Å². The summed E-state index contributed by atoms with van der Waals surface area (Å²) in [4.78, 5) is 15.7. The molecule has 0 unspecified atom stereocenters. The molecule has 0 radical (unpaired) electrons. The Morgan fingerprint density at radius 3 is 2.79 bits per heavy atom. The van der Waals surface area contributed by atoms with Gasteiger partial charge < -0.3 is 10.2 Å². The Bertz CT molecular complexity index is 182. The highest BCUT2D eigenvalue weighted by atomic mass is 16.2. The van der Waals surface area contributed by atoms with Gasteiger partial charge >= 0.3 is 0 Å². The van der Waals surface area contributed by atoms with E-state index in [-0.39, 0.29) is 5.91 Å². The van der Waals surface area contributed by atoms with E-state index >= 15 is 0 Å². The van der Waals surface area contributed by atoms with Crippen molar-refractivity contribution in [2.45, 2.75) is 13.3 Å². The molecule has 1 heterocycles. The van der Waals surface area contributed by atoms with Crippen LogP contribution in [0.3, 0.4) is 0 Å². The quantitative estimate of drug-likeness (QED) is 0.621. The fourth-order valence-electron chi connectivity index (χ4n) is 1.76. The number of amides is 1. The van der Waals surface area contributed by atoms with Gasteiger partial charge in [0.2, 0.25) is 5.91 Å². The van der Waals surface area contributed by atoms with Crippen LogP contribution in [0.1, 0.15) is 13.3 Å². The maximum absolute atomic E-state index is 11.5. The summed E-state index contributed by atoms with van der Waals surface area (Å²) in [7, 11) is 1.96. The smallest absolute Gasteiger partial charge is 0.236 e. The molecule has 1 rings (SSSR count). The summed E-state index contributed by atoms with van der Waals surface area (Å²) in [5.74, 6) is 0.281. The second kappa shape index (κ2) is 5.98. The normalized spacial score (nSPS) is 19.0. The number of carbonyl (C=O) groups is 1. The first-order chi connectivity index (χ1) is 6.77. The molecule has 1 saturated heterocycles. The van der Waals surface area contributed by atoms with E-state index in [2.05, 4.69) is 10.2 Å². The third-order valence-electron chi connectivity index (χ3n) is 2.68. The number of nitrogens with zero attached hydrogens (tertiary/aromatic N) is 2. The second-order valence-electron chi connectivity index (χ2n) is 3.71. The molecule has 1 fully saturated rings. The first-order valence-corrected chi connectivity index (χ1v) is 5.42. The number of likely N-dealkylation sites (N-methyl/N-ethyl adjacent to an activating group) is 1. The third kappa shape index (κ3) is 3.27. The average Bonchev–Trinajstić information content (AvgIpc) is 2.18. The highest BCUT2D eigenvalue weighted by Gasteiger charge is 2.21. The van der Waals surface area contributed by atoms with Crippen LogP contribution in [-0.2, 0) is 4.79 Å². The van der Waals surface area contributed by atoms with Crippen LogP contribution >= 0.6 is 0 Å². The molecule has 0 aliphatic carbocycles. The minimum atomic E-state index is 0.281. The highest BCUT2D eigenvalue weighted by Crippen LogP contribution is 2.02. The lowest BCUT2D eigenvalue weighted by atomic mass is 10.3. The predicted octanol–water partition coefficient (Wildman–Crippen LogP) is -0.240. The SMILES string of the molecule is CCN1CCN(CCCNC)CC1=O. The van der Waals surface area contributed by atoms with Gasteiger partial charge in [0.25, 0.3) is 0 Å². The van der Waals surface area contributed by atoms with Crippen molar-refractivity contribution in [2.24, 2.45) is 0 Å². The number of rotatable bonds is 5. The van der Waals surface area contributed by atoms with Crippen molar-refractivity contribution in [2.75, 3.05) is 46.3 Å². The third-order valence-corrected chi connectivity index (χ3v) is 2.68. The van der Waals surface area contributed by atoms with Crippen LogP contribution in [0.2, 0.25) is 0 Å². The minimum absolute atomic E-state index is 0.281. The molecule has 82 valence electrons. The highest BCUT2D eigenvalue weighted by molar-refractivity contribution is 5.78. The molecule has 4 heteroatoms. The molecule has 14 heavy (non-hydrogen) atoms. The predicted molar refractivity (Wildman–Crippen MR) is 57.2 cm³/mol. The molecule has 1 N–H and O–H groups in total. The maximum Gasteiger partial charge on any atom is 0.236 e. The topological polar surface area (TPSA) is 35.6 Å². The van der Waals surface area contributed by atoms with Crippen molar-refractivity contribution in [1.82, 2.24) is 15.1 Å². The van der Waals surface area contributed by atoms with Crippen LogP contribution in [0.15, 0.2) is 0 Å². The first-order valence-electron chi connectivity index (χ1n) is 5.42. The molecule has 4 nitrogen and oxygen atoms in total. The minimum Gasteiger partial charge on any atom is -0.341 e. The Balaban J connectivity index is 2.21.